The van der Waals surface area contributed by atoms with Crippen LogP contribution in [0.2, 0.25) is 0 Å². The summed E-state index contributed by atoms with van der Waals surface area (Å²) in [5.74, 6) is -0.484. The lowest BCUT2D eigenvalue weighted by atomic mass is 9.98. The Labute approximate surface area is 186 Å². The average Bonchev–Trinajstić information content (AvgIpc) is 3.38. The summed E-state index contributed by atoms with van der Waals surface area (Å²) in [6.07, 6.45) is -0.813. The average molecular weight is 429 g/mol. The number of carboxylic acid groups (broad SMARTS) is 1. The van der Waals surface area contributed by atoms with E-state index in [1.54, 1.807) is 0 Å². The lowest BCUT2D eigenvalue weighted by Crippen LogP contribution is -2.41. The minimum atomic E-state index is -1.06. The van der Waals surface area contributed by atoms with Crippen molar-refractivity contribution in [2.45, 2.75) is 24.5 Å². The lowest BCUT2D eigenvalue weighted by molar-refractivity contribution is -0.141. The molecule has 1 N–H and O–H groups in total. The molecule has 5 rings (SSSR count). The van der Waals surface area contributed by atoms with E-state index >= 15 is 0 Å². The number of carboxylic acids is 1. The smallest absolute Gasteiger partial charge is 0.410 e. The summed E-state index contributed by atoms with van der Waals surface area (Å²) in [7, 11) is 0. The number of hydrogen-bond donors (Lipinski definition) is 1. The van der Waals surface area contributed by atoms with Gasteiger partial charge in [0.25, 0.3) is 0 Å². The van der Waals surface area contributed by atoms with E-state index in [1.165, 1.54) is 4.90 Å². The predicted molar refractivity (Wildman–Crippen MR) is 119 cm³/mol. The predicted octanol–water partition coefficient (Wildman–Crippen LogP) is 4.54. The summed E-state index contributed by atoms with van der Waals surface area (Å²) in [5, 5.41) is 9.65. The fraction of sp³-hybridized carbons (Fsp3) is 0.231. The van der Waals surface area contributed by atoms with Crippen molar-refractivity contribution in [3.63, 3.8) is 0 Å². The largest absolute Gasteiger partial charge is 0.488 e. The highest BCUT2D eigenvalue weighted by Gasteiger charge is 2.42. The lowest BCUT2D eigenvalue weighted by Gasteiger charge is -2.22. The van der Waals surface area contributed by atoms with Crippen LogP contribution in [-0.4, -0.2) is 47.4 Å². The van der Waals surface area contributed by atoms with E-state index in [-0.39, 0.29) is 25.5 Å². The van der Waals surface area contributed by atoms with Crippen LogP contribution >= 0.6 is 0 Å². The second-order valence-corrected chi connectivity index (χ2v) is 8.10. The molecule has 0 radical (unpaired) electrons. The van der Waals surface area contributed by atoms with E-state index in [1.807, 2.05) is 66.7 Å². The van der Waals surface area contributed by atoms with Gasteiger partial charge in [-0.15, -0.1) is 0 Å². The van der Waals surface area contributed by atoms with E-state index in [2.05, 4.69) is 12.1 Å². The molecule has 1 aliphatic carbocycles. The van der Waals surface area contributed by atoms with Gasteiger partial charge in [0.1, 0.15) is 24.5 Å². The van der Waals surface area contributed by atoms with E-state index in [9.17, 15) is 14.7 Å². The molecule has 6 nitrogen and oxygen atoms in total. The summed E-state index contributed by atoms with van der Waals surface area (Å²) in [6, 6.07) is 24.4. The minimum absolute atomic E-state index is 0.0754. The monoisotopic (exact) mass is 429 g/mol. The zero-order valence-corrected chi connectivity index (χ0v) is 17.4. The van der Waals surface area contributed by atoms with Gasteiger partial charge in [-0.25, -0.2) is 9.59 Å². The van der Waals surface area contributed by atoms with Crippen LogP contribution in [0.1, 0.15) is 23.5 Å². The van der Waals surface area contributed by atoms with Crippen LogP contribution < -0.4 is 4.74 Å². The highest BCUT2D eigenvalue weighted by atomic mass is 16.6. The van der Waals surface area contributed by atoms with Crippen molar-refractivity contribution in [3.05, 3.63) is 90.0 Å². The molecule has 162 valence electrons. The number of carbonyl (C=O) groups is 2. The summed E-state index contributed by atoms with van der Waals surface area (Å²) in [5.41, 5.74) is 4.51. The molecule has 1 saturated heterocycles. The number of rotatable bonds is 5. The van der Waals surface area contributed by atoms with Gasteiger partial charge in [0.05, 0.1) is 6.54 Å². The third kappa shape index (κ3) is 3.68. The van der Waals surface area contributed by atoms with Crippen LogP contribution in [-0.2, 0) is 9.53 Å². The van der Waals surface area contributed by atoms with Crippen LogP contribution in [0, 0.1) is 0 Å². The molecule has 0 unspecified atom stereocenters. The maximum absolute atomic E-state index is 12.9. The Balaban J connectivity index is 1.30. The Morgan fingerprint density at radius 3 is 2.09 bits per heavy atom. The molecule has 1 amide bonds. The summed E-state index contributed by atoms with van der Waals surface area (Å²) in [4.78, 5) is 26.0. The molecule has 1 aliphatic heterocycles. The van der Waals surface area contributed by atoms with Crippen LogP contribution in [0.3, 0.4) is 0 Å². The Kier molecular flexibility index (Phi) is 5.27. The SMILES string of the molecule is O=C(O)[C@@H]1C[C@@H](Oc2ccccc2)CN1C(=O)OCC1c2ccccc2-c2ccccc21. The molecule has 6 heteroatoms. The molecular weight excluding hydrogens is 406 g/mol. The number of fused-ring (bicyclic) bond motifs is 3. The highest BCUT2D eigenvalue weighted by molar-refractivity contribution is 5.81. The molecule has 2 atom stereocenters. The first-order chi connectivity index (χ1) is 15.6. The topological polar surface area (TPSA) is 76.1 Å². The van der Waals surface area contributed by atoms with E-state index in [0.717, 1.165) is 22.3 Å². The summed E-state index contributed by atoms with van der Waals surface area (Å²) in [6.45, 7) is 0.322. The van der Waals surface area contributed by atoms with Crippen molar-refractivity contribution >= 4 is 12.1 Å². The third-order valence-electron chi connectivity index (χ3n) is 6.16. The standard InChI is InChI=1S/C26H23NO5/c28-25(29)24-14-18(32-17-8-2-1-3-9-17)15-27(24)26(30)31-16-23-21-12-6-4-10-19(21)20-11-5-7-13-22(20)23/h1-13,18,23-24H,14-16H2,(H,28,29)/t18-,24+/m1/s1. The zero-order chi connectivity index (χ0) is 22.1. The van der Waals surface area contributed by atoms with Gasteiger partial charge in [-0.3, -0.25) is 4.90 Å². The van der Waals surface area contributed by atoms with Gasteiger partial charge in [0.2, 0.25) is 0 Å². The number of hydrogen-bond acceptors (Lipinski definition) is 4. The highest BCUT2D eigenvalue weighted by Crippen LogP contribution is 2.44. The van der Waals surface area contributed by atoms with Crippen molar-refractivity contribution in [2.75, 3.05) is 13.2 Å². The van der Waals surface area contributed by atoms with Crippen molar-refractivity contribution in [3.8, 4) is 16.9 Å². The van der Waals surface area contributed by atoms with Gasteiger partial charge in [-0.1, -0.05) is 66.7 Å². The zero-order valence-electron chi connectivity index (χ0n) is 17.4. The van der Waals surface area contributed by atoms with Crippen LogP contribution in [0.25, 0.3) is 11.1 Å². The molecular formula is C26H23NO5. The van der Waals surface area contributed by atoms with Gasteiger partial charge in [0.15, 0.2) is 0 Å². The first-order valence-corrected chi connectivity index (χ1v) is 10.7. The molecule has 0 bridgehead atoms. The van der Waals surface area contributed by atoms with Gasteiger partial charge < -0.3 is 14.6 Å². The summed E-state index contributed by atoms with van der Waals surface area (Å²) < 4.78 is 11.6. The number of carbonyl (C=O) groups excluding carboxylic acids is 1. The molecule has 3 aromatic carbocycles. The van der Waals surface area contributed by atoms with Crippen LogP contribution in [0.5, 0.6) is 5.75 Å². The van der Waals surface area contributed by atoms with Crippen molar-refractivity contribution in [2.24, 2.45) is 0 Å². The molecule has 1 fully saturated rings. The Bertz CT molecular complexity index is 1100. The summed E-state index contributed by atoms with van der Waals surface area (Å²) >= 11 is 0. The second-order valence-electron chi connectivity index (χ2n) is 8.10. The molecule has 3 aromatic rings. The van der Waals surface area contributed by atoms with Crippen molar-refractivity contribution in [1.82, 2.24) is 4.90 Å². The minimum Gasteiger partial charge on any atom is -0.488 e. The number of likely N-dealkylation sites (tertiary alicyclic amines) is 1. The quantitative estimate of drug-likeness (QED) is 0.644. The molecule has 32 heavy (non-hydrogen) atoms. The third-order valence-corrected chi connectivity index (χ3v) is 6.16. The molecule has 0 spiro atoms. The van der Waals surface area contributed by atoms with Crippen LogP contribution in [0.15, 0.2) is 78.9 Å². The van der Waals surface area contributed by atoms with E-state index in [4.69, 9.17) is 9.47 Å². The number of amides is 1. The Morgan fingerprint density at radius 2 is 1.47 bits per heavy atom. The van der Waals surface area contributed by atoms with Crippen LogP contribution in [0.4, 0.5) is 4.79 Å². The van der Waals surface area contributed by atoms with E-state index in [0.29, 0.717) is 5.75 Å². The van der Waals surface area contributed by atoms with Gasteiger partial charge in [0, 0.05) is 12.3 Å². The molecule has 1 heterocycles. The molecule has 0 aromatic heterocycles. The first kappa shape index (κ1) is 20.1. The van der Waals surface area contributed by atoms with E-state index < -0.39 is 24.2 Å². The number of benzene rings is 3. The Morgan fingerprint density at radius 1 is 0.875 bits per heavy atom. The van der Waals surface area contributed by atoms with Crippen molar-refractivity contribution in [1.29, 1.82) is 0 Å². The second kappa shape index (κ2) is 8.38. The number of ether oxygens (including phenoxy) is 2. The van der Waals surface area contributed by atoms with Gasteiger partial charge >= 0.3 is 12.1 Å². The number of para-hydroxylation sites is 1. The molecule has 0 saturated carbocycles. The maximum Gasteiger partial charge on any atom is 0.410 e. The van der Waals surface area contributed by atoms with Gasteiger partial charge in [-0.05, 0) is 34.4 Å². The normalized spacial score (nSPS) is 19.3. The molecule has 2 aliphatic rings. The fourth-order valence-corrected chi connectivity index (χ4v) is 4.69. The maximum atomic E-state index is 12.9. The number of nitrogens with zero attached hydrogens (tertiary/aromatic N) is 1. The first-order valence-electron chi connectivity index (χ1n) is 10.7. The van der Waals surface area contributed by atoms with Gasteiger partial charge in [-0.2, -0.15) is 0 Å². The van der Waals surface area contributed by atoms with Crippen molar-refractivity contribution < 1.29 is 24.2 Å². The fourth-order valence-electron chi connectivity index (χ4n) is 4.69. The number of aliphatic carboxylic acids is 1. The Hall–Kier alpha value is -3.80.